The van der Waals surface area contributed by atoms with E-state index in [0.29, 0.717) is 10.6 Å². The number of anilines is 1. The van der Waals surface area contributed by atoms with Gasteiger partial charge in [-0.2, -0.15) is 13.2 Å². The van der Waals surface area contributed by atoms with Crippen molar-refractivity contribution in [2.75, 3.05) is 24.2 Å². The molecular formula is C23H27ClF3N3O4S. The number of carbonyl (C=O) groups excluding carboxylic acids is 2. The van der Waals surface area contributed by atoms with E-state index in [0.717, 1.165) is 28.8 Å². The highest BCUT2D eigenvalue weighted by Gasteiger charge is 2.32. The Labute approximate surface area is 207 Å². The highest BCUT2D eigenvalue weighted by molar-refractivity contribution is 7.92. The monoisotopic (exact) mass is 533 g/mol. The molecule has 0 fully saturated rings. The fourth-order valence-corrected chi connectivity index (χ4v) is 4.63. The maximum absolute atomic E-state index is 13.1. The fourth-order valence-electron chi connectivity index (χ4n) is 3.46. The number of alkyl halides is 3. The summed E-state index contributed by atoms with van der Waals surface area (Å²) in [4.78, 5) is 26.6. The average Bonchev–Trinajstić information content (AvgIpc) is 2.78. The van der Waals surface area contributed by atoms with Gasteiger partial charge >= 0.3 is 6.18 Å². The SMILES string of the molecule is CNC(=O)[C@H](C)N(Cc1cccc(Cl)c1)C(=O)CCCN(c1cccc(C(F)(F)F)c1)S(C)(=O)=O. The second-order valence-corrected chi connectivity index (χ2v) is 10.3. The van der Waals surface area contributed by atoms with E-state index < -0.39 is 33.7 Å². The molecule has 2 rings (SSSR count). The number of halogens is 4. The van der Waals surface area contributed by atoms with E-state index in [4.69, 9.17) is 11.6 Å². The van der Waals surface area contributed by atoms with Gasteiger partial charge in [-0.05, 0) is 49.2 Å². The zero-order valence-electron chi connectivity index (χ0n) is 19.5. The lowest BCUT2D eigenvalue weighted by atomic mass is 10.1. The number of hydrogen-bond donors (Lipinski definition) is 1. The van der Waals surface area contributed by atoms with Gasteiger partial charge in [0.05, 0.1) is 17.5 Å². The minimum atomic E-state index is -4.63. The molecule has 2 aromatic carbocycles. The molecule has 2 aromatic rings. The van der Waals surface area contributed by atoms with Crippen LogP contribution in [0.3, 0.4) is 0 Å². The van der Waals surface area contributed by atoms with Crippen LogP contribution in [0.2, 0.25) is 5.02 Å². The van der Waals surface area contributed by atoms with Crippen LogP contribution in [-0.4, -0.2) is 51.0 Å². The Morgan fingerprint density at radius 2 is 1.77 bits per heavy atom. The molecule has 0 aliphatic carbocycles. The third kappa shape index (κ3) is 8.14. The first-order valence-electron chi connectivity index (χ1n) is 10.6. The molecule has 2 amide bonds. The van der Waals surface area contributed by atoms with Crippen LogP contribution < -0.4 is 9.62 Å². The zero-order valence-corrected chi connectivity index (χ0v) is 21.0. The lowest BCUT2D eigenvalue weighted by molar-refractivity contribution is -0.140. The fraction of sp³-hybridized carbons (Fsp3) is 0.391. The molecule has 0 bridgehead atoms. The van der Waals surface area contributed by atoms with Crippen LogP contribution in [0.15, 0.2) is 48.5 Å². The van der Waals surface area contributed by atoms with Crippen LogP contribution in [-0.2, 0) is 32.3 Å². The summed E-state index contributed by atoms with van der Waals surface area (Å²) in [5.74, 6) is -0.805. The molecule has 192 valence electrons. The first kappa shape index (κ1) is 28.4. The van der Waals surface area contributed by atoms with Gasteiger partial charge in [0, 0.05) is 31.6 Å². The Balaban J connectivity index is 2.19. The van der Waals surface area contributed by atoms with Gasteiger partial charge in [0.1, 0.15) is 6.04 Å². The third-order valence-corrected chi connectivity index (χ3v) is 6.70. The standard InChI is InChI=1S/C23H27ClF3N3O4S/c1-16(22(32)28-2)29(15-17-7-4-9-19(24)13-17)21(31)11-6-12-30(35(3,33)34)20-10-5-8-18(14-20)23(25,26)27/h4-5,7-10,13-14,16H,6,11-12,15H2,1-3H3,(H,28,32)/t16-/m0/s1. The number of amides is 2. The topological polar surface area (TPSA) is 86.8 Å². The number of nitrogens with zero attached hydrogens (tertiary/aromatic N) is 2. The molecule has 7 nitrogen and oxygen atoms in total. The van der Waals surface area contributed by atoms with Crippen molar-refractivity contribution < 1.29 is 31.2 Å². The van der Waals surface area contributed by atoms with Crippen molar-refractivity contribution in [3.05, 3.63) is 64.7 Å². The minimum absolute atomic E-state index is 0.0225. The van der Waals surface area contributed by atoms with Gasteiger partial charge in [-0.1, -0.05) is 29.8 Å². The largest absolute Gasteiger partial charge is 0.416 e. The van der Waals surface area contributed by atoms with Gasteiger partial charge < -0.3 is 10.2 Å². The van der Waals surface area contributed by atoms with Crippen molar-refractivity contribution in [1.29, 1.82) is 0 Å². The second-order valence-electron chi connectivity index (χ2n) is 7.93. The molecule has 0 saturated heterocycles. The van der Waals surface area contributed by atoms with Gasteiger partial charge in [0.2, 0.25) is 21.8 Å². The van der Waals surface area contributed by atoms with E-state index in [1.54, 1.807) is 31.2 Å². The Morgan fingerprint density at radius 1 is 1.11 bits per heavy atom. The van der Waals surface area contributed by atoms with Crippen molar-refractivity contribution in [2.24, 2.45) is 0 Å². The van der Waals surface area contributed by atoms with E-state index in [1.165, 1.54) is 18.0 Å². The van der Waals surface area contributed by atoms with Crippen LogP contribution in [0.5, 0.6) is 0 Å². The highest BCUT2D eigenvalue weighted by Crippen LogP contribution is 2.32. The van der Waals surface area contributed by atoms with Gasteiger partial charge in [-0.3, -0.25) is 13.9 Å². The van der Waals surface area contributed by atoms with E-state index >= 15 is 0 Å². The average molecular weight is 534 g/mol. The summed E-state index contributed by atoms with van der Waals surface area (Å²) in [6, 6.07) is 9.97. The summed E-state index contributed by atoms with van der Waals surface area (Å²) in [5, 5.41) is 2.96. The number of sulfonamides is 1. The molecule has 1 atom stereocenters. The van der Waals surface area contributed by atoms with E-state index in [2.05, 4.69) is 5.32 Å². The van der Waals surface area contributed by atoms with E-state index in [1.807, 2.05) is 0 Å². The maximum atomic E-state index is 13.1. The molecule has 0 radical (unpaired) electrons. The van der Waals surface area contributed by atoms with Gasteiger partial charge in [-0.15, -0.1) is 0 Å². The number of hydrogen-bond acceptors (Lipinski definition) is 4. The minimum Gasteiger partial charge on any atom is -0.357 e. The van der Waals surface area contributed by atoms with Crippen molar-refractivity contribution in [3.63, 3.8) is 0 Å². The normalized spacial score (nSPS) is 12.7. The van der Waals surface area contributed by atoms with Crippen LogP contribution in [0, 0.1) is 0 Å². The Hall–Kier alpha value is -2.79. The lowest BCUT2D eigenvalue weighted by Crippen LogP contribution is -2.46. The molecule has 0 aliphatic rings. The summed E-state index contributed by atoms with van der Waals surface area (Å²) in [7, 11) is -2.48. The Morgan fingerprint density at radius 3 is 2.34 bits per heavy atom. The lowest BCUT2D eigenvalue weighted by Gasteiger charge is -2.29. The first-order chi connectivity index (χ1) is 16.2. The van der Waals surface area contributed by atoms with Crippen molar-refractivity contribution in [3.8, 4) is 0 Å². The van der Waals surface area contributed by atoms with Gasteiger partial charge in [0.25, 0.3) is 0 Å². The Kier molecular flexibility index (Phi) is 9.56. The highest BCUT2D eigenvalue weighted by atomic mass is 35.5. The van der Waals surface area contributed by atoms with Gasteiger partial charge in [0.15, 0.2) is 0 Å². The molecule has 0 saturated carbocycles. The molecule has 0 aromatic heterocycles. The predicted molar refractivity (Wildman–Crippen MR) is 128 cm³/mol. The summed E-state index contributed by atoms with van der Waals surface area (Å²) in [5.41, 5.74) is -0.431. The molecule has 12 heteroatoms. The molecule has 1 N–H and O–H groups in total. The molecule has 0 aliphatic heterocycles. The van der Waals surface area contributed by atoms with Gasteiger partial charge in [-0.25, -0.2) is 8.42 Å². The number of benzene rings is 2. The van der Waals surface area contributed by atoms with E-state index in [-0.39, 0.29) is 37.5 Å². The number of likely N-dealkylation sites (N-methyl/N-ethyl adjacent to an activating group) is 1. The van der Waals surface area contributed by atoms with Crippen molar-refractivity contribution in [2.45, 2.75) is 38.5 Å². The van der Waals surface area contributed by atoms with Crippen LogP contribution >= 0.6 is 11.6 Å². The van der Waals surface area contributed by atoms with E-state index in [9.17, 15) is 31.2 Å². The molecular weight excluding hydrogens is 507 g/mol. The van der Waals surface area contributed by atoms with Crippen LogP contribution in [0.1, 0.15) is 30.9 Å². The number of rotatable bonds is 10. The molecule has 0 spiro atoms. The molecule has 35 heavy (non-hydrogen) atoms. The summed E-state index contributed by atoms with van der Waals surface area (Å²) in [6.07, 6.45) is -3.86. The quantitative estimate of drug-likeness (QED) is 0.499. The smallest absolute Gasteiger partial charge is 0.357 e. The maximum Gasteiger partial charge on any atom is 0.416 e. The number of nitrogens with one attached hydrogen (secondary N) is 1. The summed E-state index contributed by atoms with van der Waals surface area (Å²) in [6.45, 7) is 1.44. The summed E-state index contributed by atoms with van der Waals surface area (Å²) < 4.78 is 64.7. The van der Waals surface area contributed by atoms with Crippen LogP contribution in [0.25, 0.3) is 0 Å². The second kappa shape index (κ2) is 11.8. The molecule has 0 heterocycles. The third-order valence-electron chi connectivity index (χ3n) is 5.27. The van der Waals surface area contributed by atoms with Crippen LogP contribution in [0.4, 0.5) is 18.9 Å². The zero-order chi connectivity index (χ0) is 26.4. The summed E-state index contributed by atoms with van der Waals surface area (Å²) >= 11 is 6.02. The first-order valence-corrected chi connectivity index (χ1v) is 12.9. The predicted octanol–water partition coefficient (Wildman–Crippen LogP) is 4.07. The van der Waals surface area contributed by atoms with Crippen molar-refractivity contribution >= 4 is 39.1 Å². The molecule has 0 unspecified atom stereocenters. The van der Waals surface area contributed by atoms with Crippen molar-refractivity contribution in [1.82, 2.24) is 10.2 Å². The Bertz CT molecular complexity index is 1160. The number of carbonyl (C=O) groups is 2.